The van der Waals surface area contributed by atoms with Crippen LogP contribution in [0.25, 0.3) is 11.3 Å². The molecular formula is C28H28N2O4S. The van der Waals surface area contributed by atoms with Gasteiger partial charge in [0.1, 0.15) is 0 Å². The average molecular weight is 489 g/mol. The number of aromatic nitrogens is 1. The molecule has 2 heterocycles. The molecule has 4 rings (SSSR count). The third kappa shape index (κ3) is 6.61. The number of amides is 1. The molecule has 7 heteroatoms. The van der Waals surface area contributed by atoms with E-state index in [1.165, 1.54) is 4.88 Å². The van der Waals surface area contributed by atoms with Crippen molar-refractivity contribution in [2.45, 2.75) is 12.8 Å². The Morgan fingerprint density at radius 2 is 1.77 bits per heavy atom. The van der Waals surface area contributed by atoms with Gasteiger partial charge in [0.05, 0.1) is 26.5 Å². The highest BCUT2D eigenvalue weighted by atomic mass is 32.1. The Morgan fingerprint density at radius 3 is 2.57 bits per heavy atom. The van der Waals surface area contributed by atoms with Crippen molar-refractivity contribution in [2.75, 3.05) is 27.4 Å². The Morgan fingerprint density at radius 1 is 0.914 bits per heavy atom. The van der Waals surface area contributed by atoms with Crippen LogP contribution < -0.4 is 19.5 Å². The number of methoxy groups -OCH3 is 2. The molecule has 6 nitrogen and oxygen atoms in total. The number of rotatable bonds is 11. The van der Waals surface area contributed by atoms with E-state index in [0.717, 1.165) is 23.2 Å². The Balaban J connectivity index is 1.35. The zero-order valence-corrected chi connectivity index (χ0v) is 20.6. The maximum atomic E-state index is 12.6. The van der Waals surface area contributed by atoms with Gasteiger partial charge in [0.2, 0.25) is 5.88 Å². The molecule has 180 valence electrons. The highest BCUT2D eigenvalue weighted by Gasteiger charge is 2.09. The minimum absolute atomic E-state index is 0.0919. The van der Waals surface area contributed by atoms with E-state index in [9.17, 15) is 4.79 Å². The molecule has 1 N–H and O–H groups in total. The monoisotopic (exact) mass is 488 g/mol. The third-order valence-electron chi connectivity index (χ3n) is 5.47. The van der Waals surface area contributed by atoms with E-state index in [4.69, 9.17) is 14.2 Å². The zero-order chi connectivity index (χ0) is 24.5. The van der Waals surface area contributed by atoms with Crippen LogP contribution in [0, 0.1) is 0 Å². The van der Waals surface area contributed by atoms with Gasteiger partial charge in [-0.2, -0.15) is 0 Å². The predicted molar refractivity (Wildman–Crippen MR) is 139 cm³/mol. The van der Waals surface area contributed by atoms with Gasteiger partial charge in [0, 0.05) is 35.0 Å². The van der Waals surface area contributed by atoms with Crippen LogP contribution in [0.4, 0.5) is 0 Å². The van der Waals surface area contributed by atoms with Crippen molar-refractivity contribution in [3.63, 3.8) is 0 Å². The zero-order valence-electron chi connectivity index (χ0n) is 19.8. The first-order valence-electron chi connectivity index (χ1n) is 11.4. The second-order valence-electron chi connectivity index (χ2n) is 7.81. The lowest BCUT2D eigenvalue weighted by Gasteiger charge is -2.11. The average Bonchev–Trinajstić information content (AvgIpc) is 3.42. The lowest BCUT2D eigenvalue weighted by molar-refractivity contribution is 0.0954. The van der Waals surface area contributed by atoms with Crippen molar-refractivity contribution in [1.82, 2.24) is 10.3 Å². The van der Waals surface area contributed by atoms with Crippen LogP contribution in [-0.4, -0.2) is 38.3 Å². The van der Waals surface area contributed by atoms with Crippen LogP contribution in [0.5, 0.6) is 17.4 Å². The van der Waals surface area contributed by atoms with Crippen molar-refractivity contribution < 1.29 is 19.0 Å². The molecule has 0 aliphatic carbocycles. The number of ether oxygens (including phenoxy) is 3. The normalized spacial score (nSPS) is 10.6. The number of nitrogens with zero attached hydrogens (tertiary/aromatic N) is 1. The van der Waals surface area contributed by atoms with Crippen LogP contribution in [0.3, 0.4) is 0 Å². The van der Waals surface area contributed by atoms with Crippen LogP contribution in [0.1, 0.15) is 20.8 Å². The maximum Gasteiger partial charge on any atom is 0.251 e. The van der Waals surface area contributed by atoms with E-state index in [2.05, 4.69) is 16.4 Å². The minimum Gasteiger partial charge on any atom is -0.493 e. The van der Waals surface area contributed by atoms with E-state index >= 15 is 0 Å². The Kier molecular flexibility index (Phi) is 8.35. The van der Waals surface area contributed by atoms with Gasteiger partial charge in [-0.25, -0.2) is 4.98 Å². The van der Waals surface area contributed by atoms with E-state index in [0.29, 0.717) is 42.5 Å². The van der Waals surface area contributed by atoms with Gasteiger partial charge >= 0.3 is 0 Å². The van der Waals surface area contributed by atoms with Crippen molar-refractivity contribution in [3.8, 4) is 28.6 Å². The van der Waals surface area contributed by atoms with Gasteiger partial charge in [-0.1, -0.05) is 30.3 Å². The number of hydrogen-bond donors (Lipinski definition) is 1. The first kappa shape index (κ1) is 24.3. The molecule has 0 aliphatic heterocycles. The first-order valence-corrected chi connectivity index (χ1v) is 12.3. The fraction of sp³-hybridized carbons (Fsp3) is 0.214. The number of hydrogen-bond acceptors (Lipinski definition) is 6. The molecule has 2 aromatic carbocycles. The standard InChI is InChI=1S/C28H28N2O4S/c1-32-25-12-11-20(18-26(25)33-2)14-16-34-27-10-4-9-24(30-27)21-6-3-7-22(19-21)28(31)29-15-13-23-8-5-17-35-23/h3-12,17-19H,13-16H2,1-2H3,(H,29,31). The quantitative estimate of drug-likeness (QED) is 0.305. The van der Waals surface area contributed by atoms with Crippen molar-refractivity contribution in [1.29, 1.82) is 0 Å². The summed E-state index contributed by atoms with van der Waals surface area (Å²) in [7, 11) is 3.24. The van der Waals surface area contributed by atoms with Gasteiger partial charge in [-0.05, 0) is 53.8 Å². The highest BCUT2D eigenvalue weighted by molar-refractivity contribution is 7.09. The van der Waals surface area contributed by atoms with Crippen LogP contribution in [0.2, 0.25) is 0 Å². The van der Waals surface area contributed by atoms with E-state index in [1.807, 2.05) is 72.1 Å². The minimum atomic E-state index is -0.0919. The molecule has 0 saturated carbocycles. The van der Waals surface area contributed by atoms with Crippen molar-refractivity contribution >= 4 is 17.2 Å². The van der Waals surface area contributed by atoms with E-state index < -0.39 is 0 Å². The predicted octanol–water partition coefficient (Wildman–Crippen LogP) is 5.42. The van der Waals surface area contributed by atoms with Crippen molar-refractivity contribution in [3.05, 3.63) is 94.2 Å². The third-order valence-corrected chi connectivity index (χ3v) is 6.41. The summed E-state index contributed by atoms with van der Waals surface area (Å²) in [6.07, 6.45) is 1.53. The van der Waals surface area contributed by atoms with Gasteiger partial charge < -0.3 is 19.5 Å². The Labute approximate surface area is 209 Å². The molecule has 1 amide bonds. The first-order chi connectivity index (χ1) is 17.2. The molecule has 0 saturated heterocycles. The number of carbonyl (C=O) groups excluding carboxylic acids is 1. The fourth-order valence-corrected chi connectivity index (χ4v) is 4.35. The van der Waals surface area contributed by atoms with Crippen LogP contribution >= 0.6 is 11.3 Å². The lowest BCUT2D eigenvalue weighted by Crippen LogP contribution is -2.25. The van der Waals surface area contributed by atoms with E-state index in [1.54, 1.807) is 25.6 Å². The summed E-state index contributed by atoms with van der Waals surface area (Å²) in [6, 6.07) is 23.1. The molecule has 0 unspecified atom stereocenters. The summed E-state index contributed by atoms with van der Waals surface area (Å²) in [6.45, 7) is 1.07. The largest absolute Gasteiger partial charge is 0.493 e. The fourth-order valence-electron chi connectivity index (χ4n) is 3.64. The summed E-state index contributed by atoms with van der Waals surface area (Å²) in [4.78, 5) is 18.5. The van der Waals surface area contributed by atoms with Crippen LogP contribution in [-0.2, 0) is 12.8 Å². The second-order valence-corrected chi connectivity index (χ2v) is 8.85. The van der Waals surface area contributed by atoms with Gasteiger partial charge in [-0.15, -0.1) is 11.3 Å². The SMILES string of the molecule is COc1ccc(CCOc2cccc(-c3cccc(C(=O)NCCc4cccs4)c3)n2)cc1OC. The van der Waals surface area contributed by atoms with Crippen molar-refractivity contribution in [2.24, 2.45) is 0 Å². The number of thiophene rings is 1. The second kappa shape index (κ2) is 12.0. The summed E-state index contributed by atoms with van der Waals surface area (Å²) < 4.78 is 16.6. The van der Waals surface area contributed by atoms with E-state index in [-0.39, 0.29) is 5.91 Å². The lowest BCUT2D eigenvalue weighted by atomic mass is 10.1. The number of nitrogens with one attached hydrogen (secondary N) is 1. The maximum absolute atomic E-state index is 12.6. The summed E-state index contributed by atoms with van der Waals surface area (Å²) in [5.74, 6) is 1.84. The molecule has 2 aromatic heterocycles. The van der Waals surface area contributed by atoms with Gasteiger partial charge in [0.25, 0.3) is 5.91 Å². The molecule has 0 fully saturated rings. The number of carbonyl (C=O) groups is 1. The molecule has 0 spiro atoms. The summed E-state index contributed by atoms with van der Waals surface area (Å²) in [5, 5.41) is 5.04. The summed E-state index contributed by atoms with van der Waals surface area (Å²) in [5.41, 5.74) is 3.30. The molecule has 0 bridgehead atoms. The molecular weight excluding hydrogens is 460 g/mol. The van der Waals surface area contributed by atoms with Crippen LogP contribution in [0.15, 0.2) is 78.2 Å². The molecule has 0 radical (unpaired) electrons. The highest BCUT2D eigenvalue weighted by Crippen LogP contribution is 2.28. The topological polar surface area (TPSA) is 69.7 Å². The number of pyridine rings is 1. The van der Waals surface area contributed by atoms with Gasteiger partial charge in [-0.3, -0.25) is 4.79 Å². The summed E-state index contributed by atoms with van der Waals surface area (Å²) >= 11 is 1.70. The molecule has 4 aromatic rings. The Bertz CT molecular complexity index is 1260. The van der Waals surface area contributed by atoms with Gasteiger partial charge in [0.15, 0.2) is 11.5 Å². The molecule has 35 heavy (non-hydrogen) atoms. The Hall–Kier alpha value is -3.84. The molecule has 0 aliphatic rings. The smallest absolute Gasteiger partial charge is 0.251 e. The number of benzene rings is 2. The molecule has 0 atom stereocenters.